The van der Waals surface area contributed by atoms with Crippen molar-refractivity contribution in [2.75, 3.05) is 12.4 Å². The van der Waals surface area contributed by atoms with Gasteiger partial charge in [-0.1, -0.05) is 6.07 Å². The summed E-state index contributed by atoms with van der Waals surface area (Å²) in [4.78, 5) is 12.1. The Labute approximate surface area is 111 Å². The molecule has 2 aromatic carbocycles. The van der Waals surface area contributed by atoms with Crippen LogP contribution in [0.5, 0.6) is 11.5 Å². The number of benzene rings is 2. The number of amides is 1. The molecule has 0 spiro atoms. The SMILES string of the molecule is COc1ccc(NC(=O)c2cccc(O)c2C)cc1. The van der Waals surface area contributed by atoms with E-state index in [0.29, 0.717) is 16.8 Å². The molecule has 2 aromatic rings. The molecule has 4 nitrogen and oxygen atoms in total. The van der Waals surface area contributed by atoms with Gasteiger partial charge in [-0.2, -0.15) is 0 Å². The lowest BCUT2D eigenvalue weighted by Gasteiger charge is -2.09. The monoisotopic (exact) mass is 257 g/mol. The van der Waals surface area contributed by atoms with Crippen LogP contribution in [-0.4, -0.2) is 18.1 Å². The van der Waals surface area contributed by atoms with Crippen molar-refractivity contribution in [2.24, 2.45) is 0 Å². The number of phenols is 1. The predicted molar refractivity (Wildman–Crippen MR) is 73.8 cm³/mol. The van der Waals surface area contributed by atoms with E-state index in [1.54, 1.807) is 56.5 Å². The average Bonchev–Trinajstić information content (AvgIpc) is 2.42. The third-order valence-electron chi connectivity index (χ3n) is 2.90. The maximum atomic E-state index is 12.1. The van der Waals surface area contributed by atoms with Crippen LogP contribution >= 0.6 is 0 Å². The van der Waals surface area contributed by atoms with Gasteiger partial charge in [0.1, 0.15) is 11.5 Å². The summed E-state index contributed by atoms with van der Waals surface area (Å²) in [6.07, 6.45) is 0. The van der Waals surface area contributed by atoms with E-state index in [4.69, 9.17) is 4.74 Å². The molecular weight excluding hydrogens is 242 g/mol. The van der Waals surface area contributed by atoms with Gasteiger partial charge in [0.05, 0.1) is 7.11 Å². The number of anilines is 1. The van der Waals surface area contributed by atoms with Gasteiger partial charge in [-0.25, -0.2) is 0 Å². The predicted octanol–water partition coefficient (Wildman–Crippen LogP) is 2.96. The van der Waals surface area contributed by atoms with Crippen LogP contribution in [0.1, 0.15) is 15.9 Å². The first-order chi connectivity index (χ1) is 9.11. The van der Waals surface area contributed by atoms with Gasteiger partial charge in [-0.05, 0) is 43.3 Å². The van der Waals surface area contributed by atoms with Crippen LogP contribution < -0.4 is 10.1 Å². The lowest BCUT2D eigenvalue weighted by Crippen LogP contribution is -2.13. The van der Waals surface area contributed by atoms with E-state index in [-0.39, 0.29) is 11.7 Å². The molecule has 98 valence electrons. The minimum absolute atomic E-state index is 0.113. The summed E-state index contributed by atoms with van der Waals surface area (Å²) >= 11 is 0. The van der Waals surface area contributed by atoms with Crippen LogP contribution in [0.3, 0.4) is 0 Å². The summed E-state index contributed by atoms with van der Waals surface area (Å²) in [5.74, 6) is 0.590. The second-order valence-corrected chi connectivity index (χ2v) is 4.13. The van der Waals surface area contributed by atoms with Gasteiger partial charge >= 0.3 is 0 Å². The average molecular weight is 257 g/mol. The van der Waals surface area contributed by atoms with Gasteiger partial charge in [-0.3, -0.25) is 4.79 Å². The number of carbonyl (C=O) groups excluding carboxylic acids is 1. The van der Waals surface area contributed by atoms with Gasteiger partial charge in [-0.15, -0.1) is 0 Å². The van der Waals surface area contributed by atoms with E-state index in [1.807, 2.05) is 0 Å². The second kappa shape index (κ2) is 5.44. The summed E-state index contributed by atoms with van der Waals surface area (Å²) in [6.45, 7) is 1.71. The zero-order valence-electron chi connectivity index (χ0n) is 10.8. The molecule has 0 unspecified atom stereocenters. The van der Waals surface area contributed by atoms with Crippen molar-refractivity contribution >= 4 is 11.6 Å². The van der Waals surface area contributed by atoms with Crippen molar-refractivity contribution in [2.45, 2.75) is 6.92 Å². The number of hydrogen-bond donors (Lipinski definition) is 2. The summed E-state index contributed by atoms with van der Waals surface area (Å²) in [6, 6.07) is 11.9. The second-order valence-electron chi connectivity index (χ2n) is 4.13. The molecular formula is C15H15NO3. The molecule has 0 saturated heterocycles. The van der Waals surface area contributed by atoms with Crippen molar-refractivity contribution in [1.82, 2.24) is 0 Å². The van der Waals surface area contributed by atoms with Crippen LogP contribution in [-0.2, 0) is 0 Å². The standard InChI is InChI=1S/C15H15NO3/c1-10-13(4-3-5-14(10)17)15(18)16-11-6-8-12(19-2)9-7-11/h3-9,17H,1-2H3,(H,16,18). The molecule has 0 aliphatic heterocycles. The van der Waals surface area contributed by atoms with Gasteiger partial charge in [0.15, 0.2) is 0 Å². The number of methoxy groups -OCH3 is 1. The largest absolute Gasteiger partial charge is 0.508 e. The number of carbonyl (C=O) groups is 1. The van der Waals surface area contributed by atoms with Crippen molar-refractivity contribution < 1.29 is 14.6 Å². The van der Waals surface area contributed by atoms with E-state index < -0.39 is 0 Å². The molecule has 0 aromatic heterocycles. The number of aromatic hydroxyl groups is 1. The Bertz CT molecular complexity index is 591. The van der Waals surface area contributed by atoms with Crippen molar-refractivity contribution in [3.63, 3.8) is 0 Å². The molecule has 0 saturated carbocycles. The fourth-order valence-electron chi connectivity index (χ4n) is 1.74. The first-order valence-corrected chi connectivity index (χ1v) is 5.86. The van der Waals surface area contributed by atoms with Crippen molar-refractivity contribution in [3.8, 4) is 11.5 Å². The Morgan fingerprint density at radius 3 is 2.47 bits per heavy atom. The van der Waals surface area contributed by atoms with Gasteiger partial charge in [0.25, 0.3) is 5.91 Å². The molecule has 4 heteroatoms. The van der Waals surface area contributed by atoms with Gasteiger partial charge < -0.3 is 15.2 Å². The van der Waals surface area contributed by atoms with Gasteiger partial charge in [0.2, 0.25) is 0 Å². The third-order valence-corrected chi connectivity index (χ3v) is 2.90. The van der Waals surface area contributed by atoms with E-state index in [0.717, 1.165) is 5.75 Å². The highest BCUT2D eigenvalue weighted by Gasteiger charge is 2.11. The number of nitrogens with one attached hydrogen (secondary N) is 1. The van der Waals surface area contributed by atoms with E-state index in [2.05, 4.69) is 5.32 Å². The molecule has 0 fully saturated rings. The van der Waals surface area contributed by atoms with E-state index in [9.17, 15) is 9.90 Å². The molecule has 0 heterocycles. The van der Waals surface area contributed by atoms with E-state index in [1.165, 1.54) is 0 Å². The fraction of sp³-hybridized carbons (Fsp3) is 0.133. The Morgan fingerprint density at radius 1 is 1.16 bits per heavy atom. The van der Waals surface area contributed by atoms with Gasteiger partial charge in [0, 0.05) is 16.8 Å². The summed E-state index contributed by atoms with van der Waals surface area (Å²) in [5, 5.41) is 12.4. The van der Waals surface area contributed by atoms with E-state index >= 15 is 0 Å². The minimum atomic E-state index is -0.251. The maximum Gasteiger partial charge on any atom is 0.256 e. The zero-order chi connectivity index (χ0) is 13.8. The normalized spacial score (nSPS) is 10.0. The third kappa shape index (κ3) is 2.85. The highest BCUT2D eigenvalue weighted by Crippen LogP contribution is 2.21. The molecule has 2 N–H and O–H groups in total. The molecule has 0 radical (unpaired) electrons. The zero-order valence-corrected chi connectivity index (χ0v) is 10.8. The number of hydrogen-bond acceptors (Lipinski definition) is 3. The van der Waals surface area contributed by atoms with Crippen molar-refractivity contribution in [1.29, 1.82) is 0 Å². The summed E-state index contributed by atoms with van der Waals surface area (Å²) in [7, 11) is 1.59. The quantitative estimate of drug-likeness (QED) is 0.888. The molecule has 19 heavy (non-hydrogen) atoms. The molecule has 2 rings (SSSR count). The highest BCUT2D eigenvalue weighted by molar-refractivity contribution is 6.05. The number of ether oxygens (including phenoxy) is 1. The molecule has 1 amide bonds. The number of phenolic OH excluding ortho intramolecular Hbond substituents is 1. The Morgan fingerprint density at radius 2 is 1.84 bits per heavy atom. The topological polar surface area (TPSA) is 58.6 Å². The van der Waals surface area contributed by atoms with Crippen LogP contribution in [0.2, 0.25) is 0 Å². The fourth-order valence-corrected chi connectivity index (χ4v) is 1.74. The van der Waals surface area contributed by atoms with Crippen LogP contribution in [0.15, 0.2) is 42.5 Å². The number of rotatable bonds is 3. The smallest absolute Gasteiger partial charge is 0.256 e. The molecule has 0 atom stereocenters. The maximum absolute atomic E-state index is 12.1. The Balaban J connectivity index is 2.18. The van der Waals surface area contributed by atoms with Crippen LogP contribution in [0.25, 0.3) is 0 Å². The molecule has 0 aliphatic rings. The minimum Gasteiger partial charge on any atom is -0.508 e. The van der Waals surface area contributed by atoms with Crippen LogP contribution in [0.4, 0.5) is 5.69 Å². The van der Waals surface area contributed by atoms with Crippen molar-refractivity contribution in [3.05, 3.63) is 53.6 Å². The first kappa shape index (κ1) is 13.0. The summed E-state index contributed by atoms with van der Waals surface area (Å²) < 4.78 is 5.05. The molecule has 0 bridgehead atoms. The summed E-state index contributed by atoms with van der Waals surface area (Å²) in [5.41, 5.74) is 1.69. The lowest BCUT2D eigenvalue weighted by molar-refractivity contribution is 0.102. The first-order valence-electron chi connectivity index (χ1n) is 5.86. The van der Waals surface area contributed by atoms with Crippen LogP contribution in [0, 0.1) is 6.92 Å². The Hall–Kier alpha value is -2.49. The lowest BCUT2D eigenvalue weighted by atomic mass is 10.1. The molecule has 0 aliphatic carbocycles. The highest BCUT2D eigenvalue weighted by atomic mass is 16.5. The Kier molecular flexibility index (Phi) is 3.71.